The van der Waals surface area contributed by atoms with Gasteiger partial charge in [0, 0.05) is 29.4 Å². The molecule has 19 heavy (non-hydrogen) atoms. The molecule has 2 aromatic rings. The molecule has 0 aromatic heterocycles. The zero-order valence-electron chi connectivity index (χ0n) is 10.5. The third kappa shape index (κ3) is 2.82. The molecule has 0 saturated heterocycles. The number of phenols is 1. The van der Waals surface area contributed by atoms with Gasteiger partial charge in [0.05, 0.1) is 4.92 Å². The van der Waals surface area contributed by atoms with Crippen LogP contribution in [0.3, 0.4) is 0 Å². The van der Waals surface area contributed by atoms with Crippen molar-refractivity contribution in [3.63, 3.8) is 0 Å². The summed E-state index contributed by atoms with van der Waals surface area (Å²) in [6.45, 7) is 2.11. The van der Waals surface area contributed by atoms with Crippen LogP contribution in [-0.4, -0.2) is 10.0 Å². The van der Waals surface area contributed by atoms with Gasteiger partial charge in [-0.1, -0.05) is 24.3 Å². The highest BCUT2D eigenvalue weighted by Crippen LogP contribution is 2.26. The van der Waals surface area contributed by atoms with Crippen LogP contribution in [-0.2, 0) is 6.54 Å². The van der Waals surface area contributed by atoms with Gasteiger partial charge < -0.3 is 10.4 Å². The molecule has 0 aliphatic heterocycles. The number of phenolic OH excluding ortho intramolecular Hbond substituents is 1. The van der Waals surface area contributed by atoms with E-state index in [1.807, 2.05) is 6.07 Å². The molecule has 2 rings (SSSR count). The molecule has 0 spiro atoms. The van der Waals surface area contributed by atoms with Gasteiger partial charge in [-0.25, -0.2) is 0 Å². The fourth-order valence-corrected chi connectivity index (χ4v) is 1.86. The molecule has 5 heteroatoms. The molecule has 0 saturated carbocycles. The number of para-hydroxylation sites is 1. The Morgan fingerprint density at radius 1 is 1.21 bits per heavy atom. The predicted octanol–water partition coefficient (Wildman–Crippen LogP) is 3.22. The number of aromatic hydroxyl groups is 1. The van der Waals surface area contributed by atoms with E-state index >= 15 is 0 Å². The fourth-order valence-electron chi connectivity index (χ4n) is 1.86. The molecule has 0 aliphatic carbocycles. The van der Waals surface area contributed by atoms with Gasteiger partial charge in [0.15, 0.2) is 0 Å². The standard InChI is InChI=1S/C14H14N2O3/c1-10-12(6-4-7-13(10)16(18)19)15-9-11-5-2-3-8-14(11)17/h2-8,15,17H,9H2,1H3. The van der Waals surface area contributed by atoms with Crippen molar-refractivity contribution < 1.29 is 10.0 Å². The Labute approximate surface area is 110 Å². The third-order valence-electron chi connectivity index (χ3n) is 2.96. The summed E-state index contributed by atoms with van der Waals surface area (Å²) in [7, 11) is 0. The Kier molecular flexibility index (Phi) is 3.66. The van der Waals surface area contributed by atoms with Gasteiger partial charge in [0.25, 0.3) is 5.69 Å². The summed E-state index contributed by atoms with van der Waals surface area (Å²) >= 11 is 0. The first-order chi connectivity index (χ1) is 9.09. The number of nitrogens with zero attached hydrogens (tertiary/aromatic N) is 1. The molecule has 5 nitrogen and oxygen atoms in total. The van der Waals surface area contributed by atoms with Crippen LogP contribution in [0, 0.1) is 17.0 Å². The van der Waals surface area contributed by atoms with E-state index in [1.54, 1.807) is 37.3 Å². The minimum atomic E-state index is -0.402. The Bertz CT molecular complexity index is 611. The van der Waals surface area contributed by atoms with Crippen molar-refractivity contribution in [3.8, 4) is 5.75 Å². The van der Waals surface area contributed by atoms with E-state index in [0.29, 0.717) is 17.8 Å². The number of rotatable bonds is 4. The van der Waals surface area contributed by atoms with Crippen molar-refractivity contribution in [2.45, 2.75) is 13.5 Å². The molecule has 0 atom stereocenters. The van der Waals surface area contributed by atoms with Crippen molar-refractivity contribution in [3.05, 3.63) is 63.7 Å². The molecule has 0 heterocycles. The van der Waals surface area contributed by atoms with E-state index < -0.39 is 4.92 Å². The van der Waals surface area contributed by atoms with E-state index in [1.165, 1.54) is 6.07 Å². The number of anilines is 1. The van der Waals surface area contributed by atoms with Crippen LogP contribution in [0.1, 0.15) is 11.1 Å². The molecule has 0 radical (unpaired) electrons. The first kappa shape index (κ1) is 12.9. The minimum Gasteiger partial charge on any atom is -0.508 e. The van der Waals surface area contributed by atoms with Gasteiger partial charge in [0.1, 0.15) is 5.75 Å². The number of nitro groups is 1. The third-order valence-corrected chi connectivity index (χ3v) is 2.96. The van der Waals surface area contributed by atoms with E-state index in [9.17, 15) is 15.2 Å². The minimum absolute atomic E-state index is 0.0854. The number of hydrogen-bond acceptors (Lipinski definition) is 4. The van der Waals surface area contributed by atoms with Gasteiger partial charge >= 0.3 is 0 Å². The van der Waals surface area contributed by atoms with Gasteiger partial charge in [-0.2, -0.15) is 0 Å². The van der Waals surface area contributed by atoms with E-state index in [4.69, 9.17) is 0 Å². The lowest BCUT2D eigenvalue weighted by molar-refractivity contribution is -0.385. The normalized spacial score (nSPS) is 10.2. The monoisotopic (exact) mass is 258 g/mol. The van der Waals surface area contributed by atoms with Crippen LogP contribution in [0.15, 0.2) is 42.5 Å². The topological polar surface area (TPSA) is 75.4 Å². The number of nitrogens with one attached hydrogen (secondary N) is 1. The fraction of sp³-hybridized carbons (Fsp3) is 0.143. The lowest BCUT2D eigenvalue weighted by Crippen LogP contribution is -2.03. The second-order valence-corrected chi connectivity index (χ2v) is 4.19. The van der Waals surface area contributed by atoms with Crippen LogP contribution >= 0.6 is 0 Å². The lowest BCUT2D eigenvalue weighted by Gasteiger charge is -2.10. The van der Waals surface area contributed by atoms with Crippen LogP contribution in [0.5, 0.6) is 5.75 Å². The van der Waals surface area contributed by atoms with Crippen LogP contribution in [0.25, 0.3) is 0 Å². The van der Waals surface area contributed by atoms with Crippen molar-refractivity contribution >= 4 is 11.4 Å². The van der Waals surface area contributed by atoms with Crippen molar-refractivity contribution in [2.24, 2.45) is 0 Å². The van der Waals surface area contributed by atoms with Gasteiger partial charge in [-0.15, -0.1) is 0 Å². The molecule has 98 valence electrons. The summed E-state index contributed by atoms with van der Waals surface area (Å²) in [6.07, 6.45) is 0. The highest BCUT2D eigenvalue weighted by atomic mass is 16.6. The highest BCUT2D eigenvalue weighted by molar-refractivity contribution is 5.60. The Balaban J connectivity index is 2.19. The van der Waals surface area contributed by atoms with Gasteiger partial charge in [-0.05, 0) is 19.1 Å². The SMILES string of the molecule is Cc1c(NCc2ccccc2O)cccc1[N+](=O)[O-]. The first-order valence-corrected chi connectivity index (χ1v) is 5.84. The van der Waals surface area contributed by atoms with E-state index in [0.717, 1.165) is 5.56 Å². The van der Waals surface area contributed by atoms with Crippen molar-refractivity contribution in [1.82, 2.24) is 0 Å². The lowest BCUT2D eigenvalue weighted by atomic mass is 10.1. The number of hydrogen-bond donors (Lipinski definition) is 2. The van der Waals surface area contributed by atoms with E-state index in [-0.39, 0.29) is 11.4 Å². The maximum Gasteiger partial charge on any atom is 0.274 e. The molecule has 0 fully saturated rings. The molecule has 0 aliphatic rings. The zero-order valence-corrected chi connectivity index (χ0v) is 10.5. The summed E-state index contributed by atoms with van der Waals surface area (Å²) < 4.78 is 0. The summed E-state index contributed by atoms with van der Waals surface area (Å²) in [6, 6.07) is 11.9. The van der Waals surface area contributed by atoms with Gasteiger partial charge in [-0.3, -0.25) is 10.1 Å². The first-order valence-electron chi connectivity index (χ1n) is 5.84. The second kappa shape index (κ2) is 5.39. The molecule has 0 bridgehead atoms. The van der Waals surface area contributed by atoms with Gasteiger partial charge in [0.2, 0.25) is 0 Å². The molecule has 2 N–H and O–H groups in total. The van der Waals surface area contributed by atoms with E-state index in [2.05, 4.69) is 5.32 Å². The molecule has 0 amide bonds. The number of benzene rings is 2. The Hall–Kier alpha value is -2.56. The van der Waals surface area contributed by atoms with Crippen molar-refractivity contribution in [1.29, 1.82) is 0 Å². The maximum absolute atomic E-state index is 10.8. The molecular formula is C14H14N2O3. The van der Waals surface area contributed by atoms with Crippen LogP contribution in [0.4, 0.5) is 11.4 Å². The summed E-state index contributed by atoms with van der Waals surface area (Å²) in [4.78, 5) is 10.4. The largest absolute Gasteiger partial charge is 0.508 e. The molecule has 0 unspecified atom stereocenters. The maximum atomic E-state index is 10.8. The average Bonchev–Trinajstić information content (AvgIpc) is 2.39. The Morgan fingerprint density at radius 2 is 1.95 bits per heavy atom. The molecular weight excluding hydrogens is 244 g/mol. The summed E-state index contributed by atoms with van der Waals surface area (Å²) in [5.41, 5.74) is 2.11. The second-order valence-electron chi connectivity index (χ2n) is 4.19. The quantitative estimate of drug-likeness (QED) is 0.652. The van der Waals surface area contributed by atoms with Crippen LogP contribution in [0.2, 0.25) is 0 Å². The average molecular weight is 258 g/mol. The summed E-state index contributed by atoms with van der Waals surface area (Å²) in [5, 5.41) is 23.6. The summed E-state index contributed by atoms with van der Waals surface area (Å²) in [5.74, 6) is 0.207. The molecule has 2 aromatic carbocycles. The zero-order chi connectivity index (χ0) is 13.8. The predicted molar refractivity (Wildman–Crippen MR) is 73.3 cm³/mol. The van der Waals surface area contributed by atoms with Crippen LogP contribution < -0.4 is 5.32 Å². The number of nitro benzene ring substituents is 1. The highest BCUT2D eigenvalue weighted by Gasteiger charge is 2.13. The smallest absolute Gasteiger partial charge is 0.274 e. The Morgan fingerprint density at radius 3 is 2.63 bits per heavy atom. The van der Waals surface area contributed by atoms with Crippen molar-refractivity contribution in [2.75, 3.05) is 5.32 Å².